The predicted octanol–water partition coefficient (Wildman–Crippen LogP) is 2.82. The molecule has 0 N–H and O–H groups in total. The highest BCUT2D eigenvalue weighted by molar-refractivity contribution is 7.89. The van der Waals surface area contributed by atoms with Crippen LogP contribution in [0.3, 0.4) is 0 Å². The molecule has 0 unspecified atom stereocenters. The molecule has 29 heavy (non-hydrogen) atoms. The number of amides is 1. The van der Waals surface area contributed by atoms with Crippen LogP contribution in [0.5, 0.6) is 11.5 Å². The number of sulfonamides is 1. The summed E-state index contributed by atoms with van der Waals surface area (Å²) in [5.74, 6) is 1.18. The Bertz CT molecular complexity index is 1020. The molecule has 1 amide bonds. The van der Waals surface area contributed by atoms with E-state index in [0.29, 0.717) is 23.6 Å². The first kappa shape index (κ1) is 21.1. The average Bonchev–Trinajstić information content (AvgIpc) is 2.72. The number of methoxy groups -OCH3 is 2. The summed E-state index contributed by atoms with van der Waals surface area (Å²) in [6, 6.07) is 10.3. The number of carbonyl (C=O) groups excluding carboxylic acids is 1. The van der Waals surface area contributed by atoms with E-state index in [0.717, 1.165) is 24.1 Å². The molecule has 1 aliphatic rings. The van der Waals surface area contributed by atoms with Crippen LogP contribution in [0.25, 0.3) is 0 Å². The minimum atomic E-state index is -3.72. The second-order valence-corrected chi connectivity index (χ2v) is 9.05. The summed E-state index contributed by atoms with van der Waals surface area (Å²) in [7, 11) is 0.923. The predicted molar refractivity (Wildman–Crippen MR) is 111 cm³/mol. The maximum absolute atomic E-state index is 13.2. The third-order valence-corrected chi connectivity index (χ3v) is 6.94. The van der Waals surface area contributed by atoms with Crippen LogP contribution in [0.4, 0.5) is 5.69 Å². The summed E-state index contributed by atoms with van der Waals surface area (Å²) in [5.41, 5.74) is 2.37. The zero-order valence-corrected chi connectivity index (χ0v) is 18.0. The van der Waals surface area contributed by atoms with Crippen LogP contribution >= 0.6 is 0 Å². The van der Waals surface area contributed by atoms with E-state index in [1.807, 2.05) is 0 Å². The molecule has 3 rings (SSSR count). The number of rotatable bonds is 6. The van der Waals surface area contributed by atoms with Gasteiger partial charge in [-0.05, 0) is 54.8 Å². The first-order valence-corrected chi connectivity index (χ1v) is 10.8. The van der Waals surface area contributed by atoms with Gasteiger partial charge in [-0.1, -0.05) is 0 Å². The highest BCUT2D eigenvalue weighted by Crippen LogP contribution is 2.31. The van der Waals surface area contributed by atoms with Gasteiger partial charge in [0.05, 0.1) is 19.1 Å². The number of nitrogens with zero attached hydrogens (tertiary/aromatic N) is 2. The van der Waals surface area contributed by atoms with Gasteiger partial charge in [0.25, 0.3) is 0 Å². The van der Waals surface area contributed by atoms with E-state index in [1.165, 1.54) is 18.3 Å². The van der Waals surface area contributed by atoms with E-state index >= 15 is 0 Å². The normalized spacial score (nSPS) is 13.9. The minimum absolute atomic E-state index is 0.0382. The lowest BCUT2D eigenvalue weighted by molar-refractivity contribution is -0.116. The fraction of sp³-hybridized carbons (Fsp3) is 0.381. The Labute approximate surface area is 171 Å². The Morgan fingerprint density at radius 1 is 1.14 bits per heavy atom. The van der Waals surface area contributed by atoms with Crippen molar-refractivity contribution in [1.29, 1.82) is 0 Å². The number of fused-ring (bicyclic) bond motifs is 1. The van der Waals surface area contributed by atoms with E-state index in [9.17, 15) is 13.2 Å². The standard InChI is InChI=1S/C21H26N2O5S/c1-15(24)23-11-5-6-16-13-19(8-9-20(16)23)29(25,26)22(2)14-17-12-18(27-3)7-10-21(17)28-4/h7-10,12-13H,5-6,11,14H2,1-4H3. The van der Waals surface area contributed by atoms with Gasteiger partial charge in [0, 0.05) is 38.3 Å². The average molecular weight is 419 g/mol. The summed E-state index contributed by atoms with van der Waals surface area (Å²) in [4.78, 5) is 13.8. The molecule has 0 fully saturated rings. The fourth-order valence-electron chi connectivity index (χ4n) is 3.57. The van der Waals surface area contributed by atoms with Gasteiger partial charge in [0.15, 0.2) is 0 Å². The molecular weight excluding hydrogens is 392 g/mol. The zero-order chi connectivity index (χ0) is 21.2. The van der Waals surface area contributed by atoms with E-state index in [-0.39, 0.29) is 17.3 Å². The van der Waals surface area contributed by atoms with Gasteiger partial charge in [-0.25, -0.2) is 8.42 Å². The summed E-state index contributed by atoms with van der Waals surface area (Å²) in [5, 5.41) is 0. The number of aryl methyl sites for hydroxylation is 1. The van der Waals surface area contributed by atoms with Gasteiger partial charge < -0.3 is 14.4 Å². The van der Waals surface area contributed by atoms with Crippen molar-refractivity contribution >= 4 is 21.6 Å². The van der Waals surface area contributed by atoms with Crippen molar-refractivity contribution in [2.45, 2.75) is 31.2 Å². The number of anilines is 1. The molecule has 0 saturated heterocycles. The third-order valence-electron chi connectivity index (χ3n) is 5.14. The second kappa shape index (κ2) is 8.42. The van der Waals surface area contributed by atoms with Crippen molar-refractivity contribution in [2.75, 3.05) is 32.7 Å². The first-order chi connectivity index (χ1) is 13.8. The van der Waals surface area contributed by atoms with Crippen molar-refractivity contribution in [1.82, 2.24) is 4.31 Å². The monoisotopic (exact) mass is 418 g/mol. The van der Waals surface area contributed by atoms with Gasteiger partial charge in [-0.3, -0.25) is 4.79 Å². The molecule has 0 aromatic heterocycles. The number of ether oxygens (including phenoxy) is 2. The number of benzene rings is 2. The number of carbonyl (C=O) groups is 1. The lowest BCUT2D eigenvalue weighted by Gasteiger charge is -2.29. The molecule has 1 aliphatic heterocycles. The third kappa shape index (κ3) is 4.23. The van der Waals surface area contributed by atoms with Gasteiger partial charge in [0.2, 0.25) is 15.9 Å². The van der Waals surface area contributed by atoms with Gasteiger partial charge in [-0.15, -0.1) is 0 Å². The molecule has 1 heterocycles. The molecular formula is C21H26N2O5S. The van der Waals surface area contributed by atoms with Crippen LogP contribution in [-0.2, 0) is 27.8 Å². The Hall–Kier alpha value is -2.58. The van der Waals surface area contributed by atoms with Gasteiger partial charge >= 0.3 is 0 Å². The zero-order valence-electron chi connectivity index (χ0n) is 17.1. The maximum Gasteiger partial charge on any atom is 0.243 e. The molecule has 0 aliphatic carbocycles. The molecule has 0 atom stereocenters. The van der Waals surface area contributed by atoms with Crippen LogP contribution in [0.1, 0.15) is 24.5 Å². The fourth-order valence-corrected chi connectivity index (χ4v) is 4.77. The van der Waals surface area contributed by atoms with E-state index in [4.69, 9.17) is 9.47 Å². The molecule has 0 bridgehead atoms. The Morgan fingerprint density at radius 2 is 1.90 bits per heavy atom. The Balaban J connectivity index is 1.90. The topological polar surface area (TPSA) is 76.2 Å². The Kier molecular flexibility index (Phi) is 6.14. The van der Waals surface area contributed by atoms with Crippen LogP contribution in [0.15, 0.2) is 41.3 Å². The second-order valence-electron chi connectivity index (χ2n) is 7.00. The Morgan fingerprint density at radius 3 is 2.55 bits per heavy atom. The van der Waals surface area contributed by atoms with Crippen LogP contribution in [0.2, 0.25) is 0 Å². The SMILES string of the molecule is COc1ccc(OC)c(CN(C)S(=O)(=O)c2ccc3c(c2)CCCN3C(C)=O)c1. The smallest absolute Gasteiger partial charge is 0.243 e. The highest BCUT2D eigenvalue weighted by Gasteiger charge is 2.26. The molecule has 156 valence electrons. The lowest BCUT2D eigenvalue weighted by Crippen LogP contribution is -2.34. The van der Waals surface area contributed by atoms with Crippen LogP contribution in [0, 0.1) is 0 Å². The number of hydrogen-bond donors (Lipinski definition) is 0. The molecule has 0 saturated carbocycles. The molecule has 0 radical (unpaired) electrons. The summed E-state index contributed by atoms with van der Waals surface area (Å²) >= 11 is 0. The van der Waals surface area contributed by atoms with Crippen molar-refractivity contribution < 1.29 is 22.7 Å². The summed E-state index contributed by atoms with van der Waals surface area (Å²) < 4.78 is 38.2. The molecule has 8 heteroatoms. The van der Waals surface area contributed by atoms with Crippen molar-refractivity contribution in [2.24, 2.45) is 0 Å². The largest absolute Gasteiger partial charge is 0.497 e. The van der Waals surface area contributed by atoms with E-state index in [1.54, 1.807) is 55.5 Å². The van der Waals surface area contributed by atoms with E-state index < -0.39 is 10.0 Å². The molecule has 0 spiro atoms. The van der Waals surface area contributed by atoms with Crippen molar-refractivity contribution in [3.05, 3.63) is 47.5 Å². The summed E-state index contributed by atoms with van der Waals surface area (Å²) in [6.07, 6.45) is 1.56. The van der Waals surface area contributed by atoms with E-state index in [2.05, 4.69) is 0 Å². The quantitative estimate of drug-likeness (QED) is 0.721. The number of hydrogen-bond acceptors (Lipinski definition) is 5. The molecule has 2 aromatic carbocycles. The maximum atomic E-state index is 13.2. The van der Waals surface area contributed by atoms with Crippen LogP contribution in [-0.4, -0.2) is 46.4 Å². The molecule has 7 nitrogen and oxygen atoms in total. The minimum Gasteiger partial charge on any atom is -0.497 e. The lowest BCUT2D eigenvalue weighted by atomic mass is 10.0. The summed E-state index contributed by atoms with van der Waals surface area (Å²) in [6.45, 7) is 2.32. The van der Waals surface area contributed by atoms with Gasteiger partial charge in [-0.2, -0.15) is 4.31 Å². The first-order valence-electron chi connectivity index (χ1n) is 9.36. The van der Waals surface area contributed by atoms with Crippen molar-refractivity contribution in [3.63, 3.8) is 0 Å². The van der Waals surface area contributed by atoms with Gasteiger partial charge in [0.1, 0.15) is 11.5 Å². The van der Waals surface area contributed by atoms with Crippen molar-refractivity contribution in [3.8, 4) is 11.5 Å². The highest BCUT2D eigenvalue weighted by atomic mass is 32.2. The van der Waals surface area contributed by atoms with Crippen LogP contribution < -0.4 is 14.4 Å². The molecule has 2 aromatic rings.